The van der Waals surface area contributed by atoms with E-state index in [9.17, 15) is 0 Å². The summed E-state index contributed by atoms with van der Waals surface area (Å²) >= 11 is 0. The van der Waals surface area contributed by atoms with E-state index >= 15 is 0 Å². The van der Waals surface area contributed by atoms with Crippen LogP contribution in [-0.2, 0) is 0 Å². The van der Waals surface area contributed by atoms with E-state index in [0.717, 1.165) is 47.3 Å². The molecule has 118 valence electrons. The summed E-state index contributed by atoms with van der Waals surface area (Å²) in [6.45, 7) is 9.64. The number of rotatable bonds is 1. The molecule has 8 atom stereocenters. The Morgan fingerprint density at radius 1 is 0.952 bits per heavy atom. The molecule has 0 saturated heterocycles. The third-order valence-corrected chi connectivity index (χ3v) is 8.26. The Bertz CT molecular complexity index is 408. The maximum absolute atomic E-state index is 4.62. The van der Waals surface area contributed by atoms with Gasteiger partial charge in [-0.3, -0.25) is 0 Å². The van der Waals surface area contributed by atoms with Crippen molar-refractivity contribution in [1.82, 2.24) is 0 Å². The van der Waals surface area contributed by atoms with Gasteiger partial charge in [-0.25, -0.2) is 0 Å². The number of hydrogen-bond donors (Lipinski definition) is 0. The summed E-state index contributed by atoms with van der Waals surface area (Å²) in [6.07, 6.45) is 13.6. The first-order chi connectivity index (χ1) is 10.2. The van der Waals surface area contributed by atoms with Gasteiger partial charge in [0.1, 0.15) is 0 Å². The van der Waals surface area contributed by atoms with Gasteiger partial charge in [-0.05, 0) is 85.9 Å². The lowest BCUT2D eigenvalue weighted by molar-refractivity contribution is -0.0368. The molecule has 0 bridgehead atoms. The molecule has 0 nitrogen and oxygen atoms in total. The zero-order valence-corrected chi connectivity index (χ0v) is 14.2. The Morgan fingerprint density at radius 2 is 1.71 bits per heavy atom. The molecule has 6 unspecified atom stereocenters. The van der Waals surface area contributed by atoms with Crippen LogP contribution in [0.3, 0.4) is 0 Å². The lowest BCUT2D eigenvalue weighted by atomic mass is 9.51. The highest BCUT2D eigenvalue weighted by Crippen LogP contribution is 2.61. The standard InChI is InChI=1S/C21H34/c1-4-15-11-17-9-10-18-12-16-7-5-6-8-19(16)14(3)21(18)20(17)13(15)2/h14-21H,2,4-12H2,1,3H3/t14?,15?,16-,17?,18?,19+,20?,21?/m1/s1. The smallest absolute Gasteiger partial charge is 0.0141 e. The van der Waals surface area contributed by atoms with Gasteiger partial charge >= 0.3 is 0 Å². The van der Waals surface area contributed by atoms with E-state index in [1.54, 1.807) is 24.8 Å². The fourth-order valence-corrected chi connectivity index (χ4v) is 7.37. The fraction of sp³-hybridized carbons (Fsp3) is 0.905. The molecule has 0 spiro atoms. The van der Waals surface area contributed by atoms with Crippen LogP contribution >= 0.6 is 0 Å². The van der Waals surface area contributed by atoms with Gasteiger partial charge in [0, 0.05) is 0 Å². The third-order valence-electron chi connectivity index (χ3n) is 8.26. The molecule has 0 heterocycles. The molecular formula is C21H34. The molecule has 0 aromatic heterocycles. The fourth-order valence-electron chi connectivity index (χ4n) is 7.37. The Balaban J connectivity index is 1.61. The van der Waals surface area contributed by atoms with Crippen molar-refractivity contribution in [2.24, 2.45) is 47.3 Å². The topological polar surface area (TPSA) is 0 Å². The maximum atomic E-state index is 4.62. The minimum absolute atomic E-state index is 0.857. The average molecular weight is 287 g/mol. The van der Waals surface area contributed by atoms with Crippen LogP contribution in [0.15, 0.2) is 12.2 Å². The predicted octanol–water partition coefficient (Wildman–Crippen LogP) is 6.08. The molecule has 4 fully saturated rings. The van der Waals surface area contributed by atoms with Crippen LogP contribution in [0.2, 0.25) is 0 Å². The zero-order chi connectivity index (χ0) is 14.6. The van der Waals surface area contributed by atoms with Crippen molar-refractivity contribution in [1.29, 1.82) is 0 Å². The SMILES string of the molecule is C=C1C(CC)CC2CCC3C[C@H]4CCCC[C@H]4C(C)C3C12. The molecule has 4 aliphatic rings. The first-order valence-corrected chi connectivity index (χ1v) is 9.89. The largest absolute Gasteiger partial charge is 0.0993 e. The number of hydrogen-bond acceptors (Lipinski definition) is 0. The molecule has 0 heteroatoms. The third kappa shape index (κ3) is 2.15. The van der Waals surface area contributed by atoms with Crippen molar-refractivity contribution in [2.45, 2.75) is 71.6 Å². The predicted molar refractivity (Wildman–Crippen MR) is 90.0 cm³/mol. The summed E-state index contributed by atoms with van der Waals surface area (Å²) in [5.74, 6) is 7.96. The van der Waals surface area contributed by atoms with Gasteiger partial charge in [0.05, 0.1) is 0 Å². The first-order valence-electron chi connectivity index (χ1n) is 9.89. The lowest BCUT2D eigenvalue weighted by Gasteiger charge is -2.54. The minimum atomic E-state index is 0.857. The molecule has 4 aliphatic carbocycles. The van der Waals surface area contributed by atoms with Crippen LogP contribution < -0.4 is 0 Å². The van der Waals surface area contributed by atoms with Crippen molar-refractivity contribution in [2.75, 3.05) is 0 Å². The molecule has 0 aromatic carbocycles. The van der Waals surface area contributed by atoms with Crippen LogP contribution in [0.1, 0.15) is 71.6 Å². The van der Waals surface area contributed by atoms with E-state index < -0.39 is 0 Å². The van der Waals surface area contributed by atoms with Gasteiger partial charge in [-0.1, -0.05) is 45.3 Å². The van der Waals surface area contributed by atoms with Crippen LogP contribution in [0.5, 0.6) is 0 Å². The van der Waals surface area contributed by atoms with Crippen molar-refractivity contribution < 1.29 is 0 Å². The molecule has 21 heavy (non-hydrogen) atoms. The maximum Gasteiger partial charge on any atom is -0.0141 e. The number of allylic oxidation sites excluding steroid dienone is 1. The van der Waals surface area contributed by atoms with Crippen LogP contribution in [-0.4, -0.2) is 0 Å². The quantitative estimate of drug-likeness (QED) is 0.513. The minimum Gasteiger partial charge on any atom is -0.0993 e. The molecule has 0 aromatic rings. The van der Waals surface area contributed by atoms with Gasteiger partial charge in [0.15, 0.2) is 0 Å². The Kier molecular flexibility index (Phi) is 3.71. The van der Waals surface area contributed by atoms with Crippen molar-refractivity contribution in [3.8, 4) is 0 Å². The van der Waals surface area contributed by atoms with E-state index in [-0.39, 0.29) is 0 Å². The Morgan fingerprint density at radius 3 is 2.52 bits per heavy atom. The van der Waals surface area contributed by atoms with Crippen LogP contribution in [0.25, 0.3) is 0 Å². The second kappa shape index (κ2) is 5.43. The number of fused-ring (bicyclic) bond motifs is 4. The molecule has 4 saturated carbocycles. The van der Waals surface area contributed by atoms with Gasteiger partial charge < -0.3 is 0 Å². The lowest BCUT2D eigenvalue weighted by Crippen LogP contribution is -2.46. The monoisotopic (exact) mass is 286 g/mol. The molecule has 0 N–H and O–H groups in total. The zero-order valence-electron chi connectivity index (χ0n) is 14.2. The van der Waals surface area contributed by atoms with Gasteiger partial charge in [-0.2, -0.15) is 0 Å². The first kappa shape index (κ1) is 14.3. The van der Waals surface area contributed by atoms with Gasteiger partial charge in [0.2, 0.25) is 0 Å². The van der Waals surface area contributed by atoms with Gasteiger partial charge in [-0.15, -0.1) is 0 Å². The summed E-state index contributed by atoms with van der Waals surface area (Å²) in [7, 11) is 0. The van der Waals surface area contributed by atoms with Crippen molar-refractivity contribution in [3.63, 3.8) is 0 Å². The summed E-state index contributed by atoms with van der Waals surface area (Å²) in [5, 5.41) is 0. The van der Waals surface area contributed by atoms with Crippen molar-refractivity contribution in [3.05, 3.63) is 12.2 Å². The summed E-state index contributed by atoms with van der Waals surface area (Å²) in [5.41, 5.74) is 1.68. The average Bonchev–Trinajstić information content (AvgIpc) is 2.84. The van der Waals surface area contributed by atoms with E-state index in [2.05, 4.69) is 20.4 Å². The highest BCUT2D eigenvalue weighted by Gasteiger charge is 2.53. The van der Waals surface area contributed by atoms with E-state index in [0.29, 0.717) is 0 Å². The van der Waals surface area contributed by atoms with E-state index in [1.807, 2.05) is 0 Å². The molecule has 0 radical (unpaired) electrons. The summed E-state index contributed by atoms with van der Waals surface area (Å²) < 4.78 is 0. The second-order valence-corrected chi connectivity index (χ2v) is 8.92. The normalized spacial score (nSPS) is 53.0. The molecule has 0 aliphatic heterocycles. The molecule has 4 rings (SSSR count). The molecular weight excluding hydrogens is 252 g/mol. The highest BCUT2D eigenvalue weighted by atomic mass is 14.6. The van der Waals surface area contributed by atoms with Gasteiger partial charge in [0.25, 0.3) is 0 Å². The highest BCUT2D eigenvalue weighted by molar-refractivity contribution is 5.19. The Labute approximate surface area is 131 Å². The van der Waals surface area contributed by atoms with Crippen LogP contribution in [0, 0.1) is 47.3 Å². The van der Waals surface area contributed by atoms with Crippen molar-refractivity contribution >= 4 is 0 Å². The van der Waals surface area contributed by atoms with Crippen LogP contribution in [0.4, 0.5) is 0 Å². The summed E-state index contributed by atoms with van der Waals surface area (Å²) in [6, 6.07) is 0. The van der Waals surface area contributed by atoms with E-state index in [1.165, 1.54) is 38.5 Å². The second-order valence-electron chi connectivity index (χ2n) is 8.92. The van der Waals surface area contributed by atoms with E-state index in [4.69, 9.17) is 0 Å². The Hall–Kier alpha value is -0.260. The molecule has 0 amide bonds. The summed E-state index contributed by atoms with van der Waals surface area (Å²) in [4.78, 5) is 0.